The first-order valence-electron chi connectivity index (χ1n) is 11.1. The lowest BCUT2D eigenvalue weighted by Gasteiger charge is -2.22. The Morgan fingerprint density at radius 3 is 2.16 bits per heavy atom. The minimum Gasteiger partial charge on any atom is -0.307 e. The monoisotopic (exact) mass is 441 g/mol. The van der Waals surface area contributed by atoms with Crippen molar-refractivity contribution in [1.82, 2.24) is 10.0 Å². The van der Waals surface area contributed by atoms with Gasteiger partial charge in [0, 0.05) is 17.8 Å². The minimum atomic E-state index is -3.85. The predicted octanol–water partition coefficient (Wildman–Crippen LogP) is 3.85. The van der Waals surface area contributed by atoms with Crippen molar-refractivity contribution in [3.63, 3.8) is 0 Å². The highest BCUT2D eigenvalue weighted by Crippen LogP contribution is 2.38. The van der Waals surface area contributed by atoms with Gasteiger partial charge in [0.1, 0.15) is 0 Å². The predicted molar refractivity (Wildman–Crippen MR) is 124 cm³/mol. The first kappa shape index (κ1) is 21.8. The van der Waals surface area contributed by atoms with Crippen LogP contribution in [0.15, 0.2) is 36.4 Å². The van der Waals surface area contributed by atoms with E-state index in [0.717, 1.165) is 49.8 Å². The highest BCUT2D eigenvalue weighted by atomic mass is 32.2. The first-order chi connectivity index (χ1) is 14.8. The standard InChI is InChI=1S/C24H31N3O3S/c1-16(2)25-22(17-8-4-3-5-9-17)15-31(29,30)27-24(28)26-23-20-12-6-10-18(20)14-19-11-7-13-21(19)23/h3-5,8-9,14,16,22,25H,6-7,10-13,15H2,1-2H3,(H2,26,27,28). The molecule has 3 N–H and O–H groups in total. The van der Waals surface area contributed by atoms with Crippen molar-refractivity contribution in [3.05, 3.63) is 64.2 Å². The van der Waals surface area contributed by atoms with Crippen LogP contribution in [-0.4, -0.2) is 26.2 Å². The van der Waals surface area contributed by atoms with Crippen molar-refractivity contribution in [3.8, 4) is 0 Å². The van der Waals surface area contributed by atoms with Crippen molar-refractivity contribution in [2.75, 3.05) is 11.1 Å². The van der Waals surface area contributed by atoms with Gasteiger partial charge in [-0.3, -0.25) is 0 Å². The van der Waals surface area contributed by atoms with Crippen LogP contribution in [0.2, 0.25) is 0 Å². The topological polar surface area (TPSA) is 87.3 Å². The fourth-order valence-corrected chi connectivity index (χ4v) is 5.98. The molecule has 0 saturated heterocycles. The second-order valence-corrected chi connectivity index (χ2v) is 10.6. The maximum absolute atomic E-state index is 12.9. The minimum absolute atomic E-state index is 0.101. The molecule has 7 heteroatoms. The number of fused-ring (bicyclic) bond motifs is 2. The number of anilines is 1. The van der Waals surface area contributed by atoms with E-state index in [1.807, 2.05) is 44.2 Å². The normalized spacial score (nSPS) is 16.1. The van der Waals surface area contributed by atoms with Gasteiger partial charge in [-0.15, -0.1) is 0 Å². The molecule has 2 aromatic carbocycles. The van der Waals surface area contributed by atoms with Crippen molar-refractivity contribution in [2.24, 2.45) is 0 Å². The van der Waals surface area contributed by atoms with Crippen LogP contribution in [0.3, 0.4) is 0 Å². The average Bonchev–Trinajstić information content (AvgIpc) is 3.36. The smallest absolute Gasteiger partial charge is 0.307 e. The number of carbonyl (C=O) groups excluding carboxylic acids is 1. The zero-order chi connectivity index (χ0) is 22.0. The number of aryl methyl sites for hydroxylation is 2. The molecule has 0 aromatic heterocycles. The Hall–Kier alpha value is -2.38. The van der Waals surface area contributed by atoms with Gasteiger partial charge in [-0.2, -0.15) is 0 Å². The van der Waals surface area contributed by atoms with Gasteiger partial charge in [-0.1, -0.05) is 50.2 Å². The summed E-state index contributed by atoms with van der Waals surface area (Å²) in [4.78, 5) is 12.7. The van der Waals surface area contributed by atoms with E-state index in [4.69, 9.17) is 0 Å². The van der Waals surface area contributed by atoms with Crippen molar-refractivity contribution in [2.45, 2.75) is 64.5 Å². The zero-order valence-electron chi connectivity index (χ0n) is 18.2. The Kier molecular flexibility index (Phi) is 6.34. The summed E-state index contributed by atoms with van der Waals surface area (Å²) in [6.07, 6.45) is 6.06. The van der Waals surface area contributed by atoms with Crippen LogP contribution in [0.1, 0.15) is 60.5 Å². The van der Waals surface area contributed by atoms with E-state index in [1.54, 1.807) is 0 Å². The van der Waals surface area contributed by atoms with Gasteiger partial charge in [0.25, 0.3) is 0 Å². The largest absolute Gasteiger partial charge is 0.332 e. The highest BCUT2D eigenvalue weighted by Gasteiger charge is 2.27. The lowest BCUT2D eigenvalue weighted by molar-refractivity contribution is 0.256. The number of hydrogen-bond donors (Lipinski definition) is 3. The fraction of sp³-hybridized carbons (Fsp3) is 0.458. The number of urea groups is 1. The van der Waals surface area contributed by atoms with Gasteiger partial charge in [-0.05, 0) is 66.3 Å². The van der Waals surface area contributed by atoms with Crippen LogP contribution in [0.4, 0.5) is 10.5 Å². The average molecular weight is 442 g/mol. The molecule has 31 heavy (non-hydrogen) atoms. The molecule has 2 amide bonds. The van der Waals surface area contributed by atoms with Crippen LogP contribution >= 0.6 is 0 Å². The Morgan fingerprint density at radius 2 is 1.58 bits per heavy atom. The van der Waals surface area contributed by atoms with Crippen LogP contribution < -0.4 is 15.4 Å². The molecule has 0 fully saturated rings. The van der Waals surface area contributed by atoms with Gasteiger partial charge < -0.3 is 10.6 Å². The summed E-state index contributed by atoms with van der Waals surface area (Å²) >= 11 is 0. The third kappa shape index (κ3) is 5.10. The molecule has 6 nitrogen and oxygen atoms in total. The molecule has 2 aliphatic rings. The summed E-state index contributed by atoms with van der Waals surface area (Å²) in [5, 5.41) is 6.20. The SMILES string of the molecule is CC(C)NC(CS(=O)(=O)NC(=O)Nc1c2c(cc3c1CCC3)CCC2)c1ccccc1. The number of carbonyl (C=O) groups is 1. The molecule has 0 heterocycles. The van der Waals surface area contributed by atoms with Crippen LogP contribution in [0, 0.1) is 0 Å². The lowest BCUT2D eigenvalue weighted by Crippen LogP contribution is -2.41. The van der Waals surface area contributed by atoms with Crippen molar-refractivity contribution < 1.29 is 13.2 Å². The quantitative estimate of drug-likeness (QED) is 0.609. The third-order valence-corrected chi connectivity index (χ3v) is 7.35. The fourth-order valence-electron chi connectivity index (χ4n) is 4.84. The summed E-state index contributed by atoms with van der Waals surface area (Å²) in [6, 6.07) is 10.8. The summed E-state index contributed by atoms with van der Waals surface area (Å²) in [6.45, 7) is 3.94. The second-order valence-electron chi connectivity index (χ2n) is 8.86. The summed E-state index contributed by atoms with van der Waals surface area (Å²) in [5.74, 6) is -0.215. The third-order valence-electron chi connectivity index (χ3n) is 6.08. The molecule has 0 radical (unpaired) electrons. The van der Waals surface area contributed by atoms with E-state index < -0.39 is 22.1 Å². The van der Waals surface area contributed by atoms with Crippen LogP contribution in [0.25, 0.3) is 0 Å². The Morgan fingerprint density at radius 1 is 0.968 bits per heavy atom. The molecular weight excluding hydrogens is 410 g/mol. The van der Waals surface area contributed by atoms with Crippen molar-refractivity contribution in [1.29, 1.82) is 0 Å². The molecule has 4 rings (SSSR count). The zero-order valence-corrected chi connectivity index (χ0v) is 19.0. The number of benzene rings is 2. The molecule has 0 spiro atoms. The maximum Gasteiger partial charge on any atom is 0.332 e. The Labute approximate surface area is 184 Å². The molecular formula is C24H31N3O3S. The second kappa shape index (κ2) is 9.01. The number of nitrogens with one attached hydrogen (secondary N) is 3. The molecule has 2 aromatic rings. The van der Waals surface area contributed by atoms with Gasteiger partial charge in [0.05, 0.1) is 5.75 Å². The Balaban J connectivity index is 1.50. The first-order valence-corrected chi connectivity index (χ1v) is 12.8. The van der Waals surface area contributed by atoms with Gasteiger partial charge >= 0.3 is 6.03 Å². The lowest BCUT2D eigenvalue weighted by atomic mass is 9.99. The molecule has 0 saturated carbocycles. The molecule has 2 aliphatic carbocycles. The summed E-state index contributed by atoms with van der Waals surface area (Å²) < 4.78 is 27.9. The maximum atomic E-state index is 12.9. The number of amides is 2. The van der Waals surface area contributed by atoms with Gasteiger partial charge in [-0.25, -0.2) is 17.9 Å². The number of hydrogen-bond acceptors (Lipinski definition) is 4. The molecule has 0 bridgehead atoms. The number of sulfonamides is 1. The summed E-state index contributed by atoms with van der Waals surface area (Å²) in [5.41, 5.74) is 6.66. The van der Waals surface area contributed by atoms with E-state index in [0.29, 0.717) is 0 Å². The van der Waals surface area contributed by atoms with E-state index in [2.05, 4.69) is 21.4 Å². The van der Waals surface area contributed by atoms with Crippen molar-refractivity contribution >= 4 is 21.7 Å². The van der Waals surface area contributed by atoms with Gasteiger partial charge in [0.15, 0.2) is 0 Å². The molecule has 0 aliphatic heterocycles. The van der Waals surface area contributed by atoms with E-state index in [-0.39, 0.29) is 11.8 Å². The molecule has 1 atom stereocenters. The molecule has 166 valence electrons. The highest BCUT2D eigenvalue weighted by molar-refractivity contribution is 7.90. The number of rotatable bonds is 7. The van der Waals surface area contributed by atoms with E-state index in [9.17, 15) is 13.2 Å². The molecule has 1 unspecified atom stereocenters. The van der Waals surface area contributed by atoms with Gasteiger partial charge in [0.2, 0.25) is 10.0 Å². The van der Waals surface area contributed by atoms with E-state index >= 15 is 0 Å². The van der Waals surface area contributed by atoms with Crippen LogP contribution in [-0.2, 0) is 35.7 Å². The van der Waals surface area contributed by atoms with E-state index in [1.165, 1.54) is 22.3 Å². The Bertz CT molecular complexity index is 1030. The summed E-state index contributed by atoms with van der Waals surface area (Å²) in [7, 11) is -3.85. The van der Waals surface area contributed by atoms with Crippen LogP contribution in [0.5, 0.6) is 0 Å².